The fourth-order valence-electron chi connectivity index (χ4n) is 3.67. The summed E-state index contributed by atoms with van der Waals surface area (Å²) in [5.41, 5.74) is 0.717. The lowest BCUT2D eigenvalue weighted by Crippen LogP contribution is -2.36. The number of rotatable bonds is 6. The van der Waals surface area contributed by atoms with Crippen molar-refractivity contribution < 1.29 is 19.0 Å². The summed E-state index contributed by atoms with van der Waals surface area (Å²) < 4.78 is 18.9. The first-order valence-electron chi connectivity index (χ1n) is 10.6. The highest BCUT2D eigenvalue weighted by atomic mass is 35.5. The van der Waals surface area contributed by atoms with Crippen LogP contribution in [0.3, 0.4) is 0 Å². The van der Waals surface area contributed by atoms with E-state index in [0.29, 0.717) is 41.0 Å². The minimum absolute atomic E-state index is 0.0695. The van der Waals surface area contributed by atoms with Gasteiger partial charge >= 0.3 is 6.09 Å². The molecule has 178 valence electrons. The Morgan fingerprint density at radius 2 is 2.12 bits per heavy atom. The Bertz CT molecular complexity index is 1140. The summed E-state index contributed by atoms with van der Waals surface area (Å²) in [5, 5.41) is 8.29. The lowest BCUT2D eigenvalue weighted by atomic mass is 10.1. The molecule has 1 aliphatic rings. The highest BCUT2D eigenvalue weighted by Gasteiger charge is 2.38. The predicted molar refractivity (Wildman–Crippen MR) is 123 cm³/mol. The molecule has 0 aliphatic carbocycles. The van der Waals surface area contributed by atoms with Crippen LogP contribution in [0, 0.1) is 5.92 Å². The topological polar surface area (TPSA) is 119 Å². The van der Waals surface area contributed by atoms with Crippen LogP contribution in [0.15, 0.2) is 18.6 Å². The summed E-state index contributed by atoms with van der Waals surface area (Å²) in [5.74, 6) is 0.609. The van der Waals surface area contributed by atoms with E-state index in [4.69, 9.17) is 25.8 Å². The summed E-state index contributed by atoms with van der Waals surface area (Å²) >= 11 is 6.35. The molecule has 1 saturated heterocycles. The molecule has 1 fully saturated rings. The van der Waals surface area contributed by atoms with Crippen molar-refractivity contribution in [3.8, 4) is 5.88 Å². The van der Waals surface area contributed by atoms with E-state index >= 15 is 0 Å². The molecule has 0 saturated carbocycles. The molecule has 33 heavy (non-hydrogen) atoms. The Morgan fingerprint density at radius 3 is 2.79 bits per heavy atom. The number of carbonyl (C=O) groups excluding carboxylic acids is 1. The molecule has 11 nitrogen and oxygen atoms in total. The zero-order valence-electron chi connectivity index (χ0n) is 19.3. The molecule has 2 atom stereocenters. The minimum atomic E-state index is -0.566. The number of carbonyl (C=O) groups is 1. The molecule has 1 amide bonds. The van der Waals surface area contributed by atoms with E-state index in [1.54, 1.807) is 29.1 Å². The Balaban J connectivity index is 1.51. The number of aromatic nitrogens is 5. The molecule has 0 spiro atoms. The van der Waals surface area contributed by atoms with Crippen molar-refractivity contribution in [2.24, 2.45) is 13.0 Å². The lowest BCUT2D eigenvalue weighted by Gasteiger charge is -2.24. The Hall–Kier alpha value is -3.05. The van der Waals surface area contributed by atoms with Crippen LogP contribution < -0.4 is 10.1 Å². The molecular weight excluding hydrogens is 450 g/mol. The number of halogens is 1. The third-order valence-electron chi connectivity index (χ3n) is 5.18. The first kappa shape index (κ1) is 23.1. The molecule has 0 aromatic carbocycles. The van der Waals surface area contributed by atoms with Gasteiger partial charge in [-0.3, -0.25) is 4.68 Å². The molecular formula is C21H28ClN7O4. The number of likely N-dealkylation sites (tertiary alicyclic amines) is 1. The maximum absolute atomic E-state index is 12.5. The molecule has 0 radical (unpaired) electrons. The average molecular weight is 478 g/mol. The van der Waals surface area contributed by atoms with Crippen LogP contribution >= 0.6 is 11.6 Å². The second kappa shape index (κ2) is 9.06. The second-order valence-electron chi connectivity index (χ2n) is 8.97. The number of nitrogens with one attached hydrogen (secondary N) is 2. The van der Waals surface area contributed by atoms with Crippen LogP contribution in [-0.2, 0) is 16.5 Å². The number of hydrogen-bond acceptors (Lipinski definition) is 8. The number of ether oxygens (including phenoxy) is 3. The highest BCUT2D eigenvalue weighted by Crippen LogP contribution is 2.32. The lowest BCUT2D eigenvalue weighted by molar-refractivity contribution is 0.0249. The summed E-state index contributed by atoms with van der Waals surface area (Å²) in [6.07, 6.45) is 4.56. The largest absolute Gasteiger partial charge is 0.477 e. The summed E-state index contributed by atoms with van der Waals surface area (Å²) in [6, 6.07) is 0. The number of aromatic amines is 1. The number of methoxy groups -OCH3 is 1. The van der Waals surface area contributed by atoms with Crippen LogP contribution in [0.25, 0.3) is 11.0 Å². The van der Waals surface area contributed by atoms with Crippen molar-refractivity contribution >= 4 is 40.4 Å². The zero-order valence-corrected chi connectivity index (χ0v) is 20.0. The standard InChI is InChI=1S/C21H28ClN7O4/c1-21(2,3)33-20(30)29-8-12(15(10-29)31-5)11-32-18-16-14(22)7-23-17(16)26-19(27-18)25-13-6-24-28(4)9-13/h6-7,9,12,15H,8,10-11H2,1-5H3,(H2,23,25,26,27)/t12-,15+/m1/s1. The van der Waals surface area contributed by atoms with Gasteiger partial charge in [-0.1, -0.05) is 11.6 Å². The smallest absolute Gasteiger partial charge is 0.410 e. The van der Waals surface area contributed by atoms with Crippen LogP contribution in [-0.4, -0.2) is 74.2 Å². The number of hydrogen-bond donors (Lipinski definition) is 2. The monoisotopic (exact) mass is 477 g/mol. The van der Waals surface area contributed by atoms with Gasteiger partial charge in [-0.15, -0.1) is 0 Å². The molecule has 3 aromatic heterocycles. The van der Waals surface area contributed by atoms with Gasteiger partial charge in [0.05, 0.1) is 41.5 Å². The minimum Gasteiger partial charge on any atom is -0.477 e. The van der Waals surface area contributed by atoms with Crippen molar-refractivity contribution in [3.05, 3.63) is 23.6 Å². The van der Waals surface area contributed by atoms with Crippen molar-refractivity contribution in [3.63, 3.8) is 0 Å². The van der Waals surface area contributed by atoms with E-state index in [1.165, 1.54) is 0 Å². The van der Waals surface area contributed by atoms with E-state index in [2.05, 4.69) is 25.4 Å². The fourth-order valence-corrected chi connectivity index (χ4v) is 3.89. The van der Waals surface area contributed by atoms with Crippen LogP contribution in [0.1, 0.15) is 20.8 Å². The van der Waals surface area contributed by atoms with Crippen LogP contribution in [0.5, 0.6) is 5.88 Å². The van der Waals surface area contributed by atoms with Gasteiger partial charge in [-0.2, -0.15) is 15.1 Å². The summed E-state index contributed by atoms with van der Waals surface area (Å²) in [6.45, 7) is 6.67. The maximum atomic E-state index is 12.5. The molecule has 4 rings (SSSR count). The summed E-state index contributed by atoms with van der Waals surface area (Å²) in [7, 11) is 3.45. The normalized spacial score (nSPS) is 18.7. The molecule has 3 aromatic rings. The van der Waals surface area contributed by atoms with Crippen molar-refractivity contribution in [1.29, 1.82) is 0 Å². The van der Waals surface area contributed by atoms with Gasteiger partial charge < -0.3 is 29.4 Å². The first-order valence-corrected chi connectivity index (χ1v) is 10.9. The Labute approximate surface area is 196 Å². The highest BCUT2D eigenvalue weighted by molar-refractivity contribution is 6.35. The third-order valence-corrected chi connectivity index (χ3v) is 5.48. The van der Waals surface area contributed by atoms with Gasteiger partial charge in [-0.05, 0) is 20.8 Å². The van der Waals surface area contributed by atoms with Crippen molar-refractivity contribution in [1.82, 2.24) is 29.6 Å². The van der Waals surface area contributed by atoms with E-state index in [0.717, 1.165) is 5.69 Å². The fraction of sp³-hybridized carbons (Fsp3) is 0.524. The zero-order chi connectivity index (χ0) is 23.8. The van der Waals surface area contributed by atoms with Crippen molar-refractivity contribution in [2.75, 3.05) is 32.1 Å². The third kappa shape index (κ3) is 5.31. The van der Waals surface area contributed by atoms with Gasteiger partial charge in [0.2, 0.25) is 11.8 Å². The first-order chi connectivity index (χ1) is 15.6. The molecule has 0 unspecified atom stereocenters. The SMILES string of the molecule is CO[C@H]1CN(C(=O)OC(C)(C)C)C[C@@H]1COc1nc(Nc2cnn(C)c2)nc2[nH]cc(Cl)c12. The van der Waals surface area contributed by atoms with E-state index in [1.807, 2.05) is 34.0 Å². The average Bonchev–Trinajstić information content (AvgIpc) is 3.44. The number of fused-ring (bicyclic) bond motifs is 1. The quantitative estimate of drug-likeness (QED) is 0.554. The Kier molecular flexibility index (Phi) is 6.35. The maximum Gasteiger partial charge on any atom is 0.410 e. The molecule has 12 heteroatoms. The number of H-pyrrole nitrogens is 1. The molecule has 1 aliphatic heterocycles. The van der Waals surface area contributed by atoms with E-state index < -0.39 is 5.60 Å². The van der Waals surface area contributed by atoms with Gasteiger partial charge in [0, 0.05) is 39.0 Å². The van der Waals surface area contributed by atoms with E-state index in [-0.39, 0.29) is 24.7 Å². The second-order valence-corrected chi connectivity index (χ2v) is 9.38. The van der Waals surface area contributed by atoms with Crippen LogP contribution in [0.4, 0.5) is 16.4 Å². The van der Waals surface area contributed by atoms with E-state index in [9.17, 15) is 4.79 Å². The van der Waals surface area contributed by atoms with Gasteiger partial charge in [0.1, 0.15) is 11.2 Å². The van der Waals surface area contributed by atoms with Crippen LogP contribution in [0.2, 0.25) is 5.02 Å². The van der Waals surface area contributed by atoms with Crippen molar-refractivity contribution in [2.45, 2.75) is 32.5 Å². The van der Waals surface area contributed by atoms with Gasteiger partial charge in [0.25, 0.3) is 0 Å². The number of anilines is 2. The van der Waals surface area contributed by atoms with Gasteiger partial charge in [-0.25, -0.2) is 4.79 Å². The Morgan fingerprint density at radius 1 is 1.33 bits per heavy atom. The summed E-state index contributed by atoms with van der Waals surface area (Å²) in [4.78, 5) is 26.2. The molecule has 4 heterocycles. The number of nitrogens with zero attached hydrogens (tertiary/aromatic N) is 5. The number of amides is 1. The molecule has 2 N–H and O–H groups in total. The number of aryl methyl sites for hydroxylation is 1. The molecule has 0 bridgehead atoms. The van der Waals surface area contributed by atoms with Gasteiger partial charge in [0.15, 0.2) is 0 Å². The predicted octanol–water partition coefficient (Wildman–Crippen LogP) is 3.35.